The molecule has 0 unspecified atom stereocenters. The molecule has 0 spiro atoms. The van der Waals surface area contributed by atoms with E-state index in [1.807, 2.05) is 17.9 Å². The molecule has 0 bridgehead atoms. The Labute approximate surface area is 110 Å². The second-order valence-electron chi connectivity index (χ2n) is 4.54. The van der Waals surface area contributed by atoms with Crippen LogP contribution in [0.25, 0.3) is 0 Å². The summed E-state index contributed by atoms with van der Waals surface area (Å²) in [6.45, 7) is 2.68. The Kier molecular flexibility index (Phi) is 4.26. The van der Waals surface area contributed by atoms with Crippen molar-refractivity contribution in [3.8, 4) is 0 Å². The number of nitrogens with zero attached hydrogens (tertiary/aromatic N) is 1. The molecule has 0 saturated heterocycles. The third-order valence-electron chi connectivity index (χ3n) is 3.26. The predicted molar refractivity (Wildman–Crippen MR) is 70.5 cm³/mol. The van der Waals surface area contributed by atoms with Gasteiger partial charge < -0.3 is 9.32 Å². The molecule has 2 rings (SSSR count). The summed E-state index contributed by atoms with van der Waals surface area (Å²) in [7, 11) is 0. The lowest BCUT2D eigenvalue weighted by molar-refractivity contribution is 0.0548. The van der Waals surface area contributed by atoms with Crippen molar-refractivity contribution >= 4 is 21.8 Å². The molecule has 0 aromatic carbocycles. The molecular weight excluding hydrogens is 282 g/mol. The monoisotopic (exact) mass is 299 g/mol. The summed E-state index contributed by atoms with van der Waals surface area (Å²) < 4.78 is 5.42. The highest BCUT2D eigenvalue weighted by Gasteiger charge is 2.30. The molecule has 94 valence electrons. The summed E-state index contributed by atoms with van der Waals surface area (Å²) in [6, 6.07) is 4.04. The van der Waals surface area contributed by atoms with Gasteiger partial charge in [0.25, 0.3) is 5.91 Å². The van der Waals surface area contributed by atoms with Crippen molar-refractivity contribution in [1.29, 1.82) is 0 Å². The third kappa shape index (κ3) is 2.92. The van der Waals surface area contributed by atoms with Crippen LogP contribution in [-0.4, -0.2) is 28.7 Å². The van der Waals surface area contributed by atoms with Gasteiger partial charge in [-0.3, -0.25) is 4.79 Å². The average molecular weight is 300 g/mol. The van der Waals surface area contributed by atoms with E-state index in [1.165, 1.54) is 6.42 Å². The fourth-order valence-corrected chi connectivity index (χ4v) is 2.32. The van der Waals surface area contributed by atoms with Crippen molar-refractivity contribution in [1.82, 2.24) is 4.90 Å². The van der Waals surface area contributed by atoms with Gasteiger partial charge in [0.1, 0.15) is 5.76 Å². The maximum Gasteiger partial charge on any atom is 0.289 e. The SMILES string of the molecule is Cc1ccc(C(=O)N(CCCBr)C2CCC2)o1. The number of hydrogen-bond acceptors (Lipinski definition) is 2. The lowest BCUT2D eigenvalue weighted by Gasteiger charge is -2.37. The summed E-state index contributed by atoms with van der Waals surface area (Å²) in [5, 5.41) is 0.931. The molecule has 0 radical (unpaired) electrons. The van der Waals surface area contributed by atoms with Gasteiger partial charge in [0.2, 0.25) is 0 Å². The third-order valence-corrected chi connectivity index (χ3v) is 3.82. The highest BCUT2D eigenvalue weighted by Crippen LogP contribution is 2.26. The van der Waals surface area contributed by atoms with Crippen molar-refractivity contribution in [2.24, 2.45) is 0 Å². The largest absolute Gasteiger partial charge is 0.456 e. The molecule has 1 aliphatic rings. The van der Waals surface area contributed by atoms with Gasteiger partial charge in [0.15, 0.2) is 5.76 Å². The highest BCUT2D eigenvalue weighted by atomic mass is 79.9. The quantitative estimate of drug-likeness (QED) is 0.781. The van der Waals surface area contributed by atoms with Crippen LogP contribution >= 0.6 is 15.9 Å². The van der Waals surface area contributed by atoms with E-state index in [0.29, 0.717) is 11.8 Å². The van der Waals surface area contributed by atoms with Crippen LogP contribution in [0.5, 0.6) is 0 Å². The molecule has 0 aliphatic heterocycles. The minimum atomic E-state index is 0.0451. The van der Waals surface area contributed by atoms with Crippen LogP contribution in [-0.2, 0) is 0 Å². The molecule has 1 aromatic heterocycles. The maximum absolute atomic E-state index is 12.3. The number of carbonyl (C=O) groups is 1. The highest BCUT2D eigenvalue weighted by molar-refractivity contribution is 9.09. The zero-order chi connectivity index (χ0) is 12.3. The summed E-state index contributed by atoms with van der Waals surface area (Å²) in [6.07, 6.45) is 4.49. The normalized spacial score (nSPS) is 15.6. The predicted octanol–water partition coefficient (Wildman–Crippen LogP) is 3.37. The molecule has 1 saturated carbocycles. The van der Waals surface area contributed by atoms with Crippen molar-refractivity contribution < 1.29 is 9.21 Å². The van der Waals surface area contributed by atoms with E-state index in [4.69, 9.17) is 4.42 Å². The molecule has 3 nitrogen and oxygen atoms in total. The molecule has 1 aromatic rings. The van der Waals surface area contributed by atoms with Crippen LogP contribution in [0.1, 0.15) is 42.0 Å². The van der Waals surface area contributed by atoms with Gasteiger partial charge >= 0.3 is 0 Å². The van der Waals surface area contributed by atoms with Crippen molar-refractivity contribution in [2.45, 2.75) is 38.6 Å². The average Bonchev–Trinajstić information content (AvgIpc) is 2.67. The van der Waals surface area contributed by atoms with Gasteiger partial charge in [-0.1, -0.05) is 15.9 Å². The van der Waals surface area contributed by atoms with Crippen molar-refractivity contribution in [2.75, 3.05) is 11.9 Å². The van der Waals surface area contributed by atoms with Gasteiger partial charge in [-0.2, -0.15) is 0 Å². The Morgan fingerprint density at radius 2 is 2.29 bits per heavy atom. The van der Waals surface area contributed by atoms with Crippen LogP contribution in [0.15, 0.2) is 16.5 Å². The second kappa shape index (κ2) is 5.71. The van der Waals surface area contributed by atoms with E-state index < -0.39 is 0 Å². The minimum absolute atomic E-state index is 0.0451. The summed E-state index contributed by atoms with van der Waals surface area (Å²) >= 11 is 3.42. The van der Waals surface area contributed by atoms with E-state index >= 15 is 0 Å². The van der Waals surface area contributed by atoms with Gasteiger partial charge in [-0.25, -0.2) is 0 Å². The standard InChI is InChI=1S/C13H18BrNO2/c1-10-6-7-12(17-10)13(16)15(9-3-8-14)11-4-2-5-11/h6-7,11H,2-5,8-9H2,1H3. The van der Waals surface area contributed by atoms with E-state index in [1.54, 1.807) is 6.07 Å². The molecule has 1 heterocycles. The van der Waals surface area contributed by atoms with Gasteiger partial charge in [0, 0.05) is 17.9 Å². The van der Waals surface area contributed by atoms with Crippen LogP contribution in [0, 0.1) is 6.92 Å². The van der Waals surface area contributed by atoms with E-state index in [-0.39, 0.29) is 5.91 Å². The number of carbonyl (C=O) groups excluding carboxylic acids is 1. The topological polar surface area (TPSA) is 33.5 Å². The zero-order valence-corrected chi connectivity index (χ0v) is 11.7. The number of hydrogen-bond donors (Lipinski definition) is 0. The van der Waals surface area contributed by atoms with E-state index in [0.717, 1.165) is 36.9 Å². The lowest BCUT2D eigenvalue weighted by atomic mass is 9.91. The fourth-order valence-electron chi connectivity index (χ4n) is 2.07. The van der Waals surface area contributed by atoms with Crippen LogP contribution in [0.2, 0.25) is 0 Å². The summed E-state index contributed by atoms with van der Waals surface area (Å²) in [5.74, 6) is 1.31. The molecule has 1 aliphatic carbocycles. The number of alkyl halides is 1. The number of furan rings is 1. The Morgan fingerprint density at radius 3 is 2.76 bits per heavy atom. The Morgan fingerprint density at radius 1 is 1.53 bits per heavy atom. The van der Waals surface area contributed by atoms with Crippen LogP contribution in [0.3, 0.4) is 0 Å². The molecule has 1 amide bonds. The molecule has 4 heteroatoms. The lowest BCUT2D eigenvalue weighted by Crippen LogP contribution is -2.44. The van der Waals surface area contributed by atoms with Crippen LogP contribution < -0.4 is 0 Å². The van der Waals surface area contributed by atoms with Gasteiger partial charge in [-0.05, 0) is 44.7 Å². The smallest absolute Gasteiger partial charge is 0.289 e. The Bertz CT molecular complexity index is 385. The number of amides is 1. The minimum Gasteiger partial charge on any atom is -0.456 e. The Balaban J connectivity index is 2.06. The number of aryl methyl sites for hydroxylation is 1. The second-order valence-corrected chi connectivity index (χ2v) is 5.33. The maximum atomic E-state index is 12.3. The first-order valence-electron chi connectivity index (χ1n) is 6.15. The van der Waals surface area contributed by atoms with Gasteiger partial charge in [-0.15, -0.1) is 0 Å². The van der Waals surface area contributed by atoms with E-state index in [2.05, 4.69) is 15.9 Å². The summed E-state index contributed by atoms with van der Waals surface area (Å²) in [5.41, 5.74) is 0. The molecule has 17 heavy (non-hydrogen) atoms. The first-order valence-corrected chi connectivity index (χ1v) is 7.28. The Hall–Kier alpha value is -0.770. The first-order chi connectivity index (χ1) is 8.22. The number of rotatable bonds is 5. The first kappa shape index (κ1) is 12.7. The van der Waals surface area contributed by atoms with Gasteiger partial charge in [0.05, 0.1) is 0 Å². The molecule has 0 N–H and O–H groups in total. The number of halogens is 1. The van der Waals surface area contributed by atoms with Crippen LogP contribution in [0.4, 0.5) is 0 Å². The van der Waals surface area contributed by atoms with Crippen molar-refractivity contribution in [3.05, 3.63) is 23.7 Å². The fraction of sp³-hybridized carbons (Fsp3) is 0.615. The summed E-state index contributed by atoms with van der Waals surface area (Å²) in [4.78, 5) is 14.3. The van der Waals surface area contributed by atoms with Crippen molar-refractivity contribution in [3.63, 3.8) is 0 Å². The van der Waals surface area contributed by atoms with E-state index in [9.17, 15) is 4.79 Å². The molecule has 1 fully saturated rings. The molecule has 0 atom stereocenters. The zero-order valence-electron chi connectivity index (χ0n) is 10.1. The molecular formula is C13H18BrNO2.